The van der Waals surface area contributed by atoms with Gasteiger partial charge < -0.3 is 15.7 Å². The zero-order valence-corrected chi connectivity index (χ0v) is 11.5. The summed E-state index contributed by atoms with van der Waals surface area (Å²) < 4.78 is 0. The topological polar surface area (TPSA) is 66.6 Å². The Balaban J connectivity index is 2.92. The van der Waals surface area contributed by atoms with Gasteiger partial charge in [0, 0.05) is 13.1 Å². The van der Waals surface area contributed by atoms with Gasteiger partial charge in [0.1, 0.15) is 0 Å². The van der Waals surface area contributed by atoms with E-state index in [0.717, 1.165) is 12.1 Å². The lowest BCUT2D eigenvalue weighted by Gasteiger charge is -2.29. The number of hydrogen-bond acceptors (Lipinski definition) is 3. The van der Waals surface area contributed by atoms with Gasteiger partial charge in [0.2, 0.25) is 0 Å². The minimum Gasteiger partial charge on any atom is -0.478 e. The van der Waals surface area contributed by atoms with E-state index < -0.39 is 5.97 Å². The summed E-state index contributed by atoms with van der Waals surface area (Å²) in [6.07, 6.45) is 1.07. The third-order valence-corrected chi connectivity index (χ3v) is 3.13. The number of benzene rings is 1. The summed E-state index contributed by atoms with van der Waals surface area (Å²) >= 11 is 0. The van der Waals surface area contributed by atoms with Crippen molar-refractivity contribution < 1.29 is 9.90 Å². The largest absolute Gasteiger partial charge is 0.478 e. The number of anilines is 2. The fourth-order valence-corrected chi connectivity index (χ4v) is 2.09. The second-order valence-corrected chi connectivity index (χ2v) is 5.17. The maximum Gasteiger partial charge on any atom is 0.335 e. The van der Waals surface area contributed by atoms with E-state index in [9.17, 15) is 4.79 Å². The van der Waals surface area contributed by atoms with Crippen LogP contribution in [0.1, 0.15) is 37.6 Å². The maximum atomic E-state index is 10.8. The average Bonchev–Trinajstić information content (AvgIpc) is 2.26. The van der Waals surface area contributed by atoms with Crippen LogP contribution in [0.4, 0.5) is 11.4 Å². The lowest BCUT2D eigenvalue weighted by molar-refractivity contribution is 0.0697. The van der Waals surface area contributed by atoms with Gasteiger partial charge in [-0.1, -0.05) is 13.8 Å². The van der Waals surface area contributed by atoms with Gasteiger partial charge in [0.15, 0.2) is 0 Å². The van der Waals surface area contributed by atoms with Gasteiger partial charge in [-0.15, -0.1) is 0 Å². The van der Waals surface area contributed by atoms with Crippen LogP contribution in [-0.2, 0) is 0 Å². The van der Waals surface area contributed by atoms with Crippen LogP contribution >= 0.6 is 0 Å². The summed E-state index contributed by atoms with van der Waals surface area (Å²) in [5.74, 6) is -0.340. The molecule has 1 aromatic carbocycles. The summed E-state index contributed by atoms with van der Waals surface area (Å²) in [6.45, 7) is 6.51. The predicted molar refractivity (Wildman–Crippen MR) is 75.1 cm³/mol. The standard InChI is InChI=1S/C14H22N2O2/c1-9(2)7-10(3)16(4)13-6-5-11(14(17)18)8-12(13)15/h5-6,8-10H,7,15H2,1-4H3,(H,17,18). The number of carbonyl (C=O) groups is 1. The molecule has 0 aliphatic rings. The van der Waals surface area contributed by atoms with E-state index in [1.807, 2.05) is 7.05 Å². The molecule has 100 valence electrons. The molecule has 3 N–H and O–H groups in total. The smallest absolute Gasteiger partial charge is 0.335 e. The highest BCUT2D eigenvalue weighted by Crippen LogP contribution is 2.26. The Hall–Kier alpha value is -1.71. The van der Waals surface area contributed by atoms with Crippen LogP contribution < -0.4 is 10.6 Å². The highest BCUT2D eigenvalue weighted by molar-refractivity contribution is 5.90. The number of nitrogens with two attached hydrogens (primary N) is 1. The van der Waals surface area contributed by atoms with Crippen molar-refractivity contribution in [3.63, 3.8) is 0 Å². The molecule has 4 nitrogen and oxygen atoms in total. The van der Waals surface area contributed by atoms with Crippen molar-refractivity contribution in [1.82, 2.24) is 0 Å². The zero-order chi connectivity index (χ0) is 13.9. The number of carboxylic acid groups (broad SMARTS) is 1. The summed E-state index contributed by atoms with van der Waals surface area (Å²) in [5, 5.41) is 8.90. The van der Waals surface area contributed by atoms with Crippen molar-refractivity contribution >= 4 is 17.3 Å². The number of rotatable bonds is 5. The molecule has 0 heterocycles. The Labute approximate surface area is 108 Å². The fourth-order valence-electron chi connectivity index (χ4n) is 2.09. The molecule has 0 spiro atoms. The van der Waals surface area contributed by atoms with Gasteiger partial charge in [0.05, 0.1) is 16.9 Å². The third kappa shape index (κ3) is 3.39. The lowest BCUT2D eigenvalue weighted by atomic mass is 10.0. The number of aromatic carboxylic acids is 1. The molecule has 1 rings (SSSR count). The Bertz CT molecular complexity index is 430. The molecule has 1 aromatic rings. The monoisotopic (exact) mass is 250 g/mol. The van der Waals surface area contributed by atoms with E-state index in [0.29, 0.717) is 17.6 Å². The highest BCUT2D eigenvalue weighted by atomic mass is 16.4. The van der Waals surface area contributed by atoms with Gasteiger partial charge >= 0.3 is 5.97 Å². The van der Waals surface area contributed by atoms with Crippen molar-refractivity contribution in [3.05, 3.63) is 23.8 Å². The molecule has 4 heteroatoms. The van der Waals surface area contributed by atoms with Crippen LogP contribution in [0.2, 0.25) is 0 Å². The molecule has 0 amide bonds. The van der Waals surface area contributed by atoms with Crippen molar-refractivity contribution in [2.75, 3.05) is 17.7 Å². The SMILES string of the molecule is CC(C)CC(C)N(C)c1ccc(C(=O)O)cc1N. The molecule has 0 aliphatic carbocycles. The van der Waals surface area contributed by atoms with Crippen LogP contribution in [0.5, 0.6) is 0 Å². The van der Waals surface area contributed by atoms with E-state index in [1.54, 1.807) is 12.1 Å². The summed E-state index contributed by atoms with van der Waals surface area (Å²) in [4.78, 5) is 12.9. The minimum absolute atomic E-state index is 0.223. The van der Waals surface area contributed by atoms with Gasteiger partial charge in [-0.3, -0.25) is 0 Å². The fraction of sp³-hybridized carbons (Fsp3) is 0.500. The zero-order valence-electron chi connectivity index (χ0n) is 11.5. The molecule has 0 bridgehead atoms. The molecule has 0 aromatic heterocycles. The van der Waals surface area contributed by atoms with Gasteiger partial charge in [-0.2, -0.15) is 0 Å². The number of nitrogens with zero attached hydrogens (tertiary/aromatic N) is 1. The Morgan fingerprint density at radius 2 is 2.00 bits per heavy atom. The van der Waals surface area contributed by atoms with Crippen LogP contribution in [-0.4, -0.2) is 24.2 Å². The molecule has 0 saturated heterocycles. The Kier molecular flexibility index (Phi) is 4.59. The predicted octanol–water partition coefficient (Wildman–Crippen LogP) is 2.84. The Morgan fingerprint density at radius 3 is 2.44 bits per heavy atom. The molecule has 1 atom stereocenters. The third-order valence-electron chi connectivity index (χ3n) is 3.13. The Morgan fingerprint density at radius 1 is 1.39 bits per heavy atom. The number of carboxylic acids is 1. The minimum atomic E-state index is -0.953. The molecule has 0 saturated carbocycles. The van der Waals surface area contributed by atoms with Crippen molar-refractivity contribution in [2.24, 2.45) is 5.92 Å². The highest BCUT2D eigenvalue weighted by Gasteiger charge is 2.15. The van der Waals surface area contributed by atoms with E-state index in [2.05, 4.69) is 25.7 Å². The average molecular weight is 250 g/mol. The second kappa shape index (κ2) is 5.76. The molecule has 0 fully saturated rings. The van der Waals surface area contributed by atoms with Crippen LogP contribution in [0, 0.1) is 5.92 Å². The van der Waals surface area contributed by atoms with Gasteiger partial charge in [-0.05, 0) is 37.5 Å². The van der Waals surface area contributed by atoms with E-state index in [1.165, 1.54) is 6.07 Å². The van der Waals surface area contributed by atoms with Crippen molar-refractivity contribution in [3.8, 4) is 0 Å². The molecular weight excluding hydrogens is 228 g/mol. The summed E-state index contributed by atoms with van der Waals surface area (Å²) in [7, 11) is 1.99. The van der Waals surface area contributed by atoms with E-state index in [4.69, 9.17) is 10.8 Å². The second-order valence-electron chi connectivity index (χ2n) is 5.17. The first-order chi connectivity index (χ1) is 8.32. The lowest BCUT2D eigenvalue weighted by Crippen LogP contribution is -2.30. The normalized spacial score (nSPS) is 12.5. The number of hydrogen-bond donors (Lipinski definition) is 2. The van der Waals surface area contributed by atoms with Crippen LogP contribution in [0.3, 0.4) is 0 Å². The molecule has 18 heavy (non-hydrogen) atoms. The first-order valence-electron chi connectivity index (χ1n) is 6.18. The quantitative estimate of drug-likeness (QED) is 0.789. The summed E-state index contributed by atoms with van der Waals surface area (Å²) in [5.41, 5.74) is 7.54. The van der Waals surface area contributed by atoms with Crippen LogP contribution in [0.15, 0.2) is 18.2 Å². The van der Waals surface area contributed by atoms with Gasteiger partial charge in [-0.25, -0.2) is 4.79 Å². The molecular formula is C14H22N2O2. The summed E-state index contributed by atoms with van der Waals surface area (Å²) in [6, 6.07) is 5.24. The van der Waals surface area contributed by atoms with E-state index in [-0.39, 0.29) is 5.56 Å². The first kappa shape index (κ1) is 14.4. The van der Waals surface area contributed by atoms with Crippen molar-refractivity contribution in [1.29, 1.82) is 0 Å². The van der Waals surface area contributed by atoms with Gasteiger partial charge in [0.25, 0.3) is 0 Å². The number of nitrogen functional groups attached to an aromatic ring is 1. The van der Waals surface area contributed by atoms with Crippen LogP contribution in [0.25, 0.3) is 0 Å². The first-order valence-corrected chi connectivity index (χ1v) is 6.18. The van der Waals surface area contributed by atoms with Crippen molar-refractivity contribution in [2.45, 2.75) is 33.2 Å². The molecule has 1 unspecified atom stereocenters. The molecule has 0 aliphatic heterocycles. The molecule has 0 radical (unpaired) electrons. The van der Waals surface area contributed by atoms with E-state index >= 15 is 0 Å². The maximum absolute atomic E-state index is 10.8.